The first-order valence-electron chi connectivity index (χ1n) is 5.86. The second-order valence-electron chi connectivity index (χ2n) is 4.29. The molecule has 0 aliphatic rings. The van der Waals surface area contributed by atoms with E-state index in [1.807, 2.05) is 24.3 Å². The fourth-order valence-corrected chi connectivity index (χ4v) is 2.91. The van der Waals surface area contributed by atoms with Crippen LogP contribution in [0.2, 0.25) is 0 Å². The fourth-order valence-electron chi connectivity index (χ4n) is 2.03. The highest BCUT2D eigenvalue weighted by molar-refractivity contribution is 9.10. The summed E-state index contributed by atoms with van der Waals surface area (Å²) in [4.78, 5) is 0. The highest BCUT2D eigenvalue weighted by Gasteiger charge is 2.17. The lowest BCUT2D eigenvalue weighted by Gasteiger charge is -2.16. The van der Waals surface area contributed by atoms with Crippen LogP contribution in [-0.2, 0) is 6.42 Å². The minimum absolute atomic E-state index is 0.0615. The van der Waals surface area contributed by atoms with Gasteiger partial charge in [-0.3, -0.25) is 0 Å². The van der Waals surface area contributed by atoms with Gasteiger partial charge >= 0.3 is 0 Å². The zero-order valence-corrected chi connectivity index (χ0v) is 12.4. The van der Waals surface area contributed by atoms with Gasteiger partial charge in [0.05, 0.1) is 0 Å². The fraction of sp³-hybridized carbons (Fsp3) is 0.200. The van der Waals surface area contributed by atoms with Crippen molar-refractivity contribution in [2.75, 3.05) is 5.88 Å². The third-order valence-corrected chi connectivity index (χ3v) is 4.12. The van der Waals surface area contributed by atoms with Gasteiger partial charge in [0, 0.05) is 16.3 Å². The molecule has 4 heteroatoms. The molecule has 0 amide bonds. The summed E-state index contributed by atoms with van der Waals surface area (Å²) in [5.74, 6) is -1.32. The van der Waals surface area contributed by atoms with Crippen LogP contribution in [0, 0.1) is 11.6 Å². The Kier molecular flexibility index (Phi) is 4.94. The molecule has 0 N–H and O–H groups in total. The first-order valence-corrected chi connectivity index (χ1v) is 7.19. The van der Waals surface area contributed by atoms with Crippen LogP contribution in [-0.4, -0.2) is 5.88 Å². The summed E-state index contributed by atoms with van der Waals surface area (Å²) >= 11 is 9.44. The topological polar surface area (TPSA) is 0 Å². The number of rotatable bonds is 4. The monoisotopic (exact) mass is 344 g/mol. The lowest BCUT2D eigenvalue weighted by Crippen LogP contribution is -2.07. The van der Waals surface area contributed by atoms with E-state index >= 15 is 0 Å². The second kappa shape index (κ2) is 6.49. The van der Waals surface area contributed by atoms with Gasteiger partial charge in [-0.2, -0.15) is 0 Å². The Hall–Kier alpha value is -0.930. The van der Waals surface area contributed by atoms with Crippen molar-refractivity contribution < 1.29 is 8.78 Å². The Bertz CT molecular complexity index is 572. The van der Waals surface area contributed by atoms with Crippen LogP contribution in [0.4, 0.5) is 8.78 Å². The average Bonchev–Trinajstić information content (AvgIpc) is 2.41. The van der Waals surface area contributed by atoms with Crippen molar-refractivity contribution in [1.82, 2.24) is 0 Å². The molecule has 0 fully saturated rings. The molecule has 0 heterocycles. The molecule has 0 saturated heterocycles. The maximum absolute atomic E-state index is 13.7. The Morgan fingerprint density at radius 3 is 2.47 bits per heavy atom. The normalized spacial score (nSPS) is 12.4. The molecular formula is C15H12BrClF2. The number of halogens is 4. The highest BCUT2D eigenvalue weighted by Crippen LogP contribution is 2.29. The molecule has 0 aliphatic carbocycles. The van der Waals surface area contributed by atoms with Gasteiger partial charge in [-0.1, -0.05) is 46.3 Å². The first kappa shape index (κ1) is 14.5. The Balaban J connectivity index is 2.30. The van der Waals surface area contributed by atoms with Crippen LogP contribution in [0.15, 0.2) is 46.9 Å². The van der Waals surface area contributed by atoms with E-state index in [-0.39, 0.29) is 5.92 Å². The first-order chi connectivity index (χ1) is 9.13. The van der Waals surface area contributed by atoms with Crippen molar-refractivity contribution in [3.8, 4) is 0 Å². The third kappa shape index (κ3) is 3.34. The minimum atomic E-state index is -0.821. The van der Waals surface area contributed by atoms with E-state index in [0.717, 1.165) is 16.1 Å². The second-order valence-corrected chi connectivity index (χ2v) is 5.45. The zero-order chi connectivity index (χ0) is 13.8. The number of benzene rings is 2. The lowest BCUT2D eigenvalue weighted by molar-refractivity contribution is 0.495. The van der Waals surface area contributed by atoms with Crippen LogP contribution < -0.4 is 0 Å². The van der Waals surface area contributed by atoms with Crippen LogP contribution in [0.5, 0.6) is 0 Å². The van der Waals surface area contributed by atoms with Crippen molar-refractivity contribution in [3.63, 3.8) is 0 Å². The van der Waals surface area contributed by atoms with E-state index in [9.17, 15) is 8.78 Å². The molecule has 0 aromatic heterocycles. The Morgan fingerprint density at radius 1 is 1.05 bits per heavy atom. The van der Waals surface area contributed by atoms with E-state index in [1.165, 1.54) is 6.07 Å². The molecule has 0 radical (unpaired) electrons. The molecule has 0 spiro atoms. The molecule has 0 saturated carbocycles. The van der Waals surface area contributed by atoms with Gasteiger partial charge in [-0.05, 0) is 29.7 Å². The Labute approximate surface area is 124 Å². The van der Waals surface area contributed by atoms with E-state index < -0.39 is 11.6 Å². The summed E-state index contributed by atoms with van der Waals surface area (Å²) in [7, 11) is 0. The van der Waals surface area contributed by atoms with Crippen LogP contribution in [0.1, 0.15) is 17.0 Å². The summed E-state index contributed by atoms with van der Waals surface area (Å²) < 4.78 is 27.8. The van der Waals surface area contributed by atoms with Crippen molar-refractivity contribution in [3.05, 3.63) is 69.7 Å². The minimum Gasteiger partial charge on any atom is -0.204 e. The summed E-state index contributed by atoms with van der Waals surface area (Å²) in [6.07, 6.45) is 0.371. The van der Waals surface area contributed by atoms with Crippen molar-refractivity contribution in [2.45, 2.75) is 12.3 Å². The molecule has 2 aromatic carbocycles. The van der Waals surface area contributed by atoms with Gasteiger partial charge in [0.15, 0.2) is 11.6 Å². The molecule has 1 unspecified atom stereocenters. The standard InChI is InChI=1S/C15H12BrClF2/c16-13-6-2-1-5-12(13)11(9-17)8-10-4-3-7-14(18)15(10)19/h1-7,11H,8-9H2. The molecule has 1 atom stereocenters. The zero-order valence-electron chi connectivity index (χ0n) is 10.0. The maximum atomic E-state index is 13.7. The van der Waals surface area contributed by atoms with Crippen LogP contribution in [0.3, 0.4) is 0 Å². The largest absolute Gasteiger partial charge is 0.204 e. The van der Waals surface area contributed by atoms with Gasteiger partial charge < -0.3 is 0 Å². The van der Waals surface area contributed by atoms with Crippen LogP contribution in [0.25, 0.3) is 0 Å². The van der Waals surface area contributed by atoms with E-state index in [1.54, 1.807) is 6.07 Å². The molecule has 100 valence electrons. The van der Waals surface area contributed by atoms with Gasteiger partial charge in [-0.15, -0.1) is 11.6 Å². The molecular weight excluding hydrogens is 334 g/mol. The van der Waals surface area contributed by atoms with Crippen molar-refractivity contribution in [2.24, 2.45) is 0 Å². The summed E-state index contributed by atoms with van der Waals surface area (Å²) in [6, 6.07) is 11.9. The predicted octanol–water partition coefficient (Wildman–Crippen LogP) is 5.29. The van der Waals surface area contributed by atoms with E-state index in [2.05, 4.69) is 15.9 Å². The summed E-state index contributed by atoms with van der Waals surface area (Å²) in [5.41, 5.74) is 1.35. The SMILES string of the molecule is Fc1cccc(CC(CCl)c2ccccc2Br)c1F. The maximum Gasteiger partial charge on any atom is 0.162 e. The summed E-state index contributed by atoms with van der Waals surface area (Å²) in [5, 5.41) is 0. The molecule has 0 nitrogen and oxygen atoms in total. The molecule has 19 heavy (non-hydrogen) atoms. The van der Waals surface area contributed by atoms with Gasteiger partial charge in [-0.25, -0.2) is 8.78 Å². The molecule has 2 rings (SSSR count). The molecule has 2 aromatic rings. The smallest absolute Gasteiger partial charge is 0.162 e. The predicted molar refractivity (Wildman–Crippen MR) is 77.7 cm³/mol. The number of alkyl halides is 1. The molecule has 0 bridgehead atoms. The van der Waals surface area contributed by atoms with Crippen molar-refractivity contribution >= 4 is 27.5 Å². The number of hydrogen-bond donors (Lipinski definition) is 0. The quantitative estimate of drug-likeness (QED) is 0.660. The Morgan fingerprint density at radius 2 is 1.79 bits per heavy atom. The molecule has 0 aliphatic heterocycles. The lowest BCUT2D eigenvalue weighted by atomic mass is 9.93. The van der Waals surface area contributed by atoms with Crippen LogP contribution >= 0.6 is 27.5 Å². The average molecular weight is 346 g/mol. The van der Waals surface area contributed by atoms with Crippen molar-refractivity contribution in [1.29, 1.82) is 0 Å². The van der Waals surface area contributed by atoms with Gasteiger partial charge in [0.25, 0.3) is 0 Å². The van der Waals surface area contributed by atoms with Gasteiger partial charge in [0.2, 0.25) is 0 Å². The number of hydrogen-bond acceptors (Lipinski definition) is 0. The van der Waals surface area contributed by atoms with Gasteiger partial charge in [0.1, 0.15) is 0 Å². The van der Waals surface area contributed by atoms with E-state index in [4.69, 9.17) is 11.6 Å². The summed E-state index contributed by atoms with van der Waals surface area (Å²) in [6.45, 7) is 0. The highest BCUT2D eigenvalue weighted by atomic mass is 79.9. The van der Waals surface area contributed by atoms with E-state index in [0.29, 0.717) is 17.9 Å². The third-order valence-electron chi connectivity index (χ3n) is 3.03.